The van der Waals surface area contributed by atoms with Gasteiger partial charge in [-0.3, -0.25) is 0 Å². The van der Waals surface area contributed by atoms with E-state index >= 15 is 0 Å². The van der Waals surface area contributed by atoms with Crippen LogP contribution in [0.1, 0.15) is 52.0 Å². The Bertz CT molecular complexity index is 437. The van der Waals surface area contributed by atoms with Crippen LogP contribution in [-0.4, -0.2) is 19.1 Å². The minimum atomic E-state index is 0.140. The van der Waals surface area contributed by atoms with Gasteiger partial charge in [-0.05, 0) is 48.8 Å². The van der Waals surface area contributed by atoms with Gasteiger partial charge in [0.05, 0.1) is 5.54 Å². The zero-order valence-electron chi connectivity index (χ0n) is 14.2. The van der Waals surface area contributed by atoms with Crippen molar-refractivity contribution in [3.63, 3.8) is 0 Å². The summed E-state index contributed by atoms with van der Waals surface area (Å²) in [6.07, 6.45) is 6.22. The van der Waals surface area contributed by atoms with Crippen LogP contribution in [0.4, 0.5) is 5.69 Å². The number of rotatable bonds is 5. The second-order valence-electron chi connectivity index (χ2n) is 7.11. The molecule has 0 spiro atoms. The quantitative estimate of drug-likeness (QED) is 0.878. The maximum atomic E-state index is 6.25. The number of aryl methyl sites for hydroxylation is 1. The van der Waals surface area contributed by atoms with Crippen molar-refractivity contribution in [3.05, 3.63) is 29.8 Å². The second kappa shape index (κ2) is 6.83. The fraction of sp³-hybridized carbons (Fsp3) is 0.684. The summed E-state index contributed by atoms with van der Waals surface area (Å²) in [4.78, 5) is 2.46. The molecule has 2 atom stereocenters. The number of benzene rings is 1. The minimum absolute atomic E-state index is 0.140. The summed E-state index contributed by atoms with van der Waals surface area (Å²) in [7, 11) is 2.23. The van der Waals surface area contributed by atoms with Crippen LogP contribution >= 0.6 is 0 Å². The lowest BCUT2D eigenvalue weighted by Gasteiger charge is -2.48. The van der Waals surface area contributed by atoms with Crippen molar-refractivity contribution in [2.75, 3.05) is 18.5 Å². The smallest absolute Gasteiger partial charge is 0.0523 e. The summed E-state index contributed by atoms with van der Waals surface area (Å²) in [5, 5.41) is 0. The number of nitrogens with zero attached hydrogens (tertiary/aromatic N) is 1. The van der Waals surface area contributed by atoms with Crippen LogP contribution in [0.25, 0.3) is 0 Å². The maximum absolute atomic E-state index is 6.25. The SMILES string of the molecule is CCc1ccc(N(C)C2(CN)CCCC(C(C)C)C2)cc1. The Kier molecular flexibility index (Phi) is 5.32. The van der Waals surface area contributed by atoms with E-state index in [1.807, 2.05) is 0 Å². The van der Waals surface area contributed by atoms with Crippen molar-refractivity contribution in [3.8, 4) is 0 Å². The zero-order chi connectivity index (χ0) is 15.5. The van der Waals surface area contributed by atoms with Crippen LogP contribution in [-0.2, 0) is 6.42 Å². The summed E-state index contributed by atoms with van der Waals surface area (Å²) < 4.78 is 0. The van der Waals surface area contributed by atoms with Crippen molar-refractivity contribution in [1.29, 1.82) is 0 Å². The molecule has 2 unspecified atom stereocenters. The van der Waals surface area contributed by atoms with Gasteiger partial charge in [-0.2, -0.15) is 0 Å². The predicted octanol–water partition coefficient (Wildman–Crippen LogP) is 4.23. The molecule has 2 N–H and O–H groups in total. The molecule has 0 radical (unpaired) electrons. The summed E-state index contributed by atoms with van der Waals surface area (Å²) in [6, 6.07) is 9.02. The molecule has 1 aromatic carbocycles. The van der Waals surface area contributed by atoms with Crippen LogP contribution in [0.15, 0.2) is 24.3 Å². The van der Waals surface area contributed by atoms with E-state index in [0.29, 0.717) is 0 Å². The zero-order valence-corrected chi connectivity index (χ0v) is 14.2. The molecule has 2 heteroatoms. The van der Waals surface area contributed by atoms with Crippen LogP contribution in [0, 0.1) is 11.8 Å². The molecule has 1 fully saturated rings. The van der Waals surface area contributed by atoms with Crippen molar-refractivity contribution in [1.82, 2.24) is 0 Å². The molecule has 0 amide bonds. The molecule has 1 aromatic rings. The van der Waals surface area contributed by atoms with E-state index < -0.39 is 0 Å². The van der Waals surface area contributed by atoms with Crippen LogP contribution in [0.5, 0.6) is 0 Å². The Morgan fingerprint density at radius 1 is 1.29 bits per heavy atom. The molecule has 21 heavy (non-hydrogen) atoms. The highest BCUT2D eigenvalue weighted by Crippen LogP contribution is 2.40. The van der Waals surface area contributed by atoms with E-state index in [1.165, 1.54) is 36.9 Å². The topological polar surface area (TPSA) is 29.3 Å². The Balaban J connectivity index is 2.21. The van der Waals surface area contributed by atoms with Gasteiger partial charge in [-0.25, -0.2) is 0 Å². The predicted molar refractivity (Wildman–Crippen MR) is 92.8 cm³/mol. The minimum Gasteiger partial charge on any atom is -0.368 e. The molecule has 2 nitrogen and oxygen atoms in total. The van der Waals surface area contributed by atoms with Gasteiger partial charge in [-0.1, -0.05) is 45.7 Å². The van der Waals surface area contributed by atoms with Crippen LogP contribution in [0.2, 0.25) is 0 Å². The third-order valence-corrected chi connectivity index (χ3v) is 5.63. The number of nitrogens with two attached hydrogens (primary N) is 1. The van der Waals surface area contributed by atoms with E-state index in [-0.39, 0.29) is 5.54 Å². The Morgan fingerprint density at radius 3 is 2.48 bits per heavy atom. The lowest BCUT2D eigenvalue weighted by Crippen LogP contribution is -2.55. The van der Waals surface area contributed by atoms with E-state index in [0.717, 1.165) is 24.8 Å². The lowest BCUT2D eigenvalue weighted by molar-refractivity contribution is 0.183. The van der Waals surface area contributed by atoms with Gasteiger partial charge in [0.2, 0.25) is 0 Å². The Morgan fingerprint density at radius 2 is 1.95 bits per heavy atom. The molecule has 0 aliphatic heterocycles. The van der Waals surface area contributed by atoms with Crippen molar-refractivity contribution < 1.29 is 0 Å². The molecule has 1 aliphatic rings. The highest BCUT2D eigenvalue weighted by Gasteiger charge is 2.39. The molecule has 1 saturated carbocycles. The first-order valence-electron chi connectivity index (χ1n) is 8.55. The van der Waals surface area contributed by atoms with Gasteiger partial charge in [0.25, 0.3) is 0 Å². The first-order chi connectivity index (χ1) is 10.0. The fourth-order valence-electron chi connectivity index (χ4n) is 3.81. The molecule has 118 valence electrons. The van der Waals surface area contributed by atoms with E-state index in [2.05, 4.69) is 57.0 Å². The van der Waals surface area contributed by atoms with Gasteiger partial charge in [0.15, 0.2) is 0 Å². The first-order valence-corrected chi connectivity index (χ1v) is 8.55. The maximum Gasteiger partial charge on any atom is 0.0523 e. The summed E-state index contributed by atoms with van der Waals surface area (Å²) in [5.74, 6) is 1.56. The van der Waals surface area contributed by atoms with Crippen LogP contribution < -0.4 is 10.6 Å². The molecule has 0 heterocycles. The van der Waals surface area contributed by atoms with E-state index in [1.54, 1.807) is 0 Å². The largest absolute Gasteiger partial charge is 0.368 e. The van der Waals surface area contributed by atoms with Crippen LogP contribution in [0.3, 0.4) is 0 Å². The molecule has 0 aromatic heterocycles. The summed E-state index contributed by atoms with van der Waals surface area (Å²) >= 11 is 0. The third-order valence-electron chi connectivity index (χ3n) is 5.63. The van der Waals surface area contributed by atoms with Gasteiger partial charge in [-0.15, -0.1) is 0 Å². The normalized spacial score (nSPS) is 26.1. The third kappa shape index (κ3) is 3.42. The number of anilines is 1. The Hall–Kier alpha value is -1.02. The second-order valence-corrected chi connectivity index (χ2v) is 7.11. The molecule has 1 aliphatic carbocycles. The fourth-order valence-corrected chi connectivity index (χ4v) is 3.81. The monoisotopic (exact) mass is 288 g/mol. The van der Waals surface area contributed by atoms with Gasteiger partial charge in [0, 0.05) is 19.3 Å². The number of likely N-dealkylation sites (N-methyl/N-ethyl adjacent to an activating group) is 1. The van der Waals surface area contributed by atoms with Crippen molar-refractivity contribution in [2.45, 2.75) is 58.4 Å². The molecule has 0 saturated heterocycles. The molecular weight excluding hydrogens is 256 g/mol. The average molecular weight is 288 g/mol. The molecule has 2 rings (SSSR count). The van der Waals surface area contributed by atoms with E-state index in [9.17, 15) is 0 Å². The average Bonchev–Trinajstić information content (AvgIpc) is 2.54. The highest BCUT2D eigenvalue weighted by molar-refractivity contribution is 5.50. The molecule has 0 bridgehead atoms. The highest BCUT2D eigenvalue weighted by atomic mass is 15.2. The summed E-state index contributed by atoms with van der Waals surface area (Å²) in [6.45, 7) is 7.66. The number of hydrogen-bond donors (Lipinski definition) is 1. The Labute approximate surface area is 130 Å². The van der Waals surface area contributed by atoms with Gasteiger partial charge >= 0.3 is 0 Å². The first kappa shape index (κ1) is 16.4. The lowest BCUT2D eigenvalue weighted by atomic mass is 9.71. The van der Waals surface area contributed by atoms with Crippen molar-refractivity contribution >= 4 is 5.69 Å². The number of hydrogen-bond acceptors (Lipinski definition) is 2. The van der Waals surface area contributed by atoms with Gasteiger partial charge in [0.1, 0.15) is 0 Å². The van der Waals surface area contributed by atoms with Gasteiger partial charge < -0.3 is 10.6 Å². The molecular formula is C19H32N2. The van der Waals surface area contributed by atoms with Crippen molar-refractivity contribution in [2.24, 2.45) is 17.6 Å². The summed E-state index contributed by atoms with van der Waals surface area (Å²) in [5.41, 5.74) is 9.10. The van der Waals surface area contributed by atoms with E-state index in [4.69, 9.17) is 5.73 Å². The standard InChI is InChI=1S/C19H32N2/c1-5-16-8-10-18(11-9-16)21(4)19(14-20)12-6-7-17(13-19)15(2)3/h8-11,15,17H,5-7,12-14,20H2,1-4H3.